The average molecular weight is 339 g/mol. The first kappa shape index (κ1) is 15.4. The second kappa shape index (κ2) is 6.03. The van der Waals surface area contributed by atoms with Crippen LogP contribution in [0.3, 0.4) is 0 Å². The molecule has 7 heteroatoms. The Bertz CT molecular complexity index is 607. The zero-order chi connectivity index (χ0) is 15.9. The minimum absolute atomic E-state index is 0.169. The van der Waals surface area contributed by atoms with Crippen LogP contribution in [0.5, 0.6) is 0 Å². The number of nitrogens with zero attached hydrogens (tertiary/aromatic N) is 2. The molecule has 23 heavy (non-hydrogen) atoms. The molecular weight excluding hydrogens is 320 g/mol. The topological polar surface area (TPSA) is 51.2 Å². The van der Waals surface area contributed by atoms with Crippen LogP contribution in [0.1, 0.15) is 5.56 Å². The van der Waals surface area contributed by atoms with Gasteiger partial charge in [0.05, 0.1) is 44.2 Å². The second-order valence-corrected chi connectivity index (χ2v) is 6.25. The molecule has 1 amide bonds. The molecule has 0 saturated carbocycles. The Kier molecular flexibility index (Phi) is 4.03. The van der Waals surface area contributed by atoms with E-state index in [1.165, 1.54) is 0 Å². The quantitative estimate of drug-likeness (QED) is 0.773. The lowest BCUT2D eigenvalue weighted by Crippen LogP contribution is -2.49. The first-order valence-corrected chi connectivity index (χ1v) is 8.37. The average Bonchev–Trinajstić information content (AvgIpc) is 3.13. The van der Waals surface area contributed by atoms with E-state index in [0.717, 1.165) is 24.3 Å². The van der Waals surface area contributed by atoms with Gasteiger partial charge in [0, 0.05) is 18.7 Å². The number of carbonyl (C=O) groups is 1. The summed E-state index contributed by atoms with van der Waals surface area (Å²) in [7, 11) is 0. The van der Waals surface area contributed by atoms with Gasteiger partial charge in [-0.15, -0.1) is 11.6 Å². The molecule has 0 unspecified atom stereocenters. The summed E-state index contributed by atoms with van der Waals surface area (Å²) < 4.78 is 17.1. The van der Waals surface area contributed by atoms with Crippen LogP contribution in [0.15, 0.2) is 24.3 Å². The zero-order valence-electron chi connectivity index (χ0n) is 12.7. The van der Waals surface area contributed by atoms with E-state index in [9.17, 15) is 4.79 Å². The first-order chi connectivity index (χ1) is 11.2. The van der Waals surface area contributed by atoms with Gasteiger partial charge in [0.2, 0.25) is 0 Å². The van der Waals surface area contributed by atoms with E-state index >= 15 is 0 Å². The summed E-state index contributed by atoms with van der Waals surface area (Å²) in [6.07, 6.45) is -0.267. The van der Waals surface area contributed by atoms with Crippen LogP contribution in [0, 0.1) is 0 Å². The number of hydrogen-bond acceptors (Lipinski definition) is 5. The van der Waals surface area contributed by atoms with Crippen molar-refractivity contribution in [3.8, 4) is 0 Å². The highest BCUT2D eigenvalue weighted by Gasteiger charge is 2.58. The largest absolute Gasteiger partial charge is 0.379 e. The molecule has 124 valence electrons. The number of alkyl halides is 1. The summed E-state index contributed by atoms with van der Waals surface area (Å²) in [5.74, 6) is -1.19. The van der Waals surface area contributed by atoms with Crippen molar-refractivity contribution < 1.29 is 19.0 Å². The smallest absolute Gasteiger partial charge is 0.293 e. The van der Waals surface area contributed by atoms with Crippen LogP contribution in [0.2, 0.25) is 0 Å². The minimum Gasteiger partial charge on any atom is -0.379 e. The predicted molar refractivity (Wildman–Crippen MR) is 84.4 cm³/mol. The Hall–Kier alpha value is -1.18. The number of morpholine rings is 1. The molecule has 1 spiro atoms. The number of hydrogen-bond donors (Lipinski definition) is 0. The third kappa shape index (κ3) is 2.45. The van der Waals surface area contributed by atoms with E-state index in [1.807, 2.05) is 24.3 Å². The SMILES string of the molecule is O=C1N(CN2CCOCC2)c2ccccc2[C@@]12OC[C@@H](CCl)O2. The number of para-hydroxylation sites is 1. The standard InChI is InChI=1S/C16H19ClN2O4/c17-9-12-10-22-16(23-12)13-3-1-2-4-14(13)19(15(16)20)11-18-5-7-21-8-6-18/h1-4,12H,5-11H2/t12-,16+/m1/s1. The van der Waals surface area contributed by atoms with E-state index in [-0.39, 0.29) is 12.0 Å². The molecule has 2 saturated heterocycles. The Morgan fingerprint density at radius 1 is 1.26 bits per heavy atom. The minimum atomic E-state index is -1.33. The van der Waals surface area contributed by atoms with Crippen LogP contribution in [-0.2, 0) is 24.8 Å². The summed E-state index contributed by atoms with van der Waals surface area (Å²) in [4.78, 5) is 17.0. The van der Waals surface area contributed by atoms with Crippen molar-refractivity contribution in [2.45, 2.75) is 11.9 Å². The van der Waals surface area contributed by atoms with Crippen molar-refractivity contribution in [3.05, 3.63) is 29.8 Å². The van der Waals surface area contributed by atoms with Gasteiger partial charge < -0.3 is 14.2 Å². The number of fused-ring (bicyclic) bond motifs is 2. The zero-order valence-corrected chi connectivity index (χ0v) is 13.5. The van der Waals surface area contributed by atoms with Gasteiger partial charge in [-0.2, -0.15) is 0 Å². The van der Waals surface area contributed by atoms with Gasteiger partial charge >= 0.3 is 0 Å². The maximum absolute atomic E-state index is 13.1. The third-order valence-corrected chi connectivity index (χ3v) is 4.84. The molecule has 1 aromatic rings. The molecule has 3 aliphatic heterocycles. The van der Waals surface area contributed by atoms with E-state index in [1.54, 1.807) is 4.90 Å². The molecule has 4 rings (SSSR count). The number of benzene rings is 1. The molecule has 0 N–H and O–H groups in total. The normalized spacial score (nSPS) is 31.1. The van der Waals surface area contributed by atoms with Crippen molar-refractivity contribution in [2.24, 2.45) is 0 Å². The number of halogens is 1. The maximum Gasteiger partial charge on any atom is 0.293 e. The van der Waals surface area contributed by atoms with Crippen molar-refractivity contribution in [1.82, 2.24) is 4.90 Å². The van der Waals surface area contributed by atoms with E-state index in [4.69, 9.17) is 25.8 Å². The van der Waals surface area contributed by atoms with Crippen LogP contribution < -0.4 is 4.90 Å². The number of ether oxygens (including phenoxy) is 3. The lowest BCUT2D eigenvalue weighted by molar-refractivity contribution is -0.185. The number of amides is 1. The third-order valence-electron chi connectivity index (χ3n) is 4.50. The molecule has 2 fully saturated rings. The fourth-order valence-electron chi connectivity index (χ4n) is 3.32. The van der Waals surface area contributed by atoms with Gasteiger partial charge in [0.15, 0.2) is 0 Å². The van der Waals surface area contributed by atoms with Crippen LogP contribution in [0.25, 0.3) is 0 Å². The molecular formula is C16H19ClN2O4. The molecule has 0 radical (unpaired) electrons. The fraction of sp³-hybridized carbons (Fsp3) is 0.562. The summed E-state index contributed by atoms with van der Waals surface area (Å²) in [6, 6.07) is 7.64. The van der Waals surface area contributed by atoms with E-state index in [2.05, 4.69) is 4.90 Å². The highest BCUT2D eigenvalue weighted by molar-refractivity contribution is 6.18. The summed E-state index contributed by atoms with van der Waals surface area (Å²) in [5.41, 5.74) is 1.62. The van der Waals surface area contributed by atoms with Crippen LogP contribution >= 0.6 is 11.6 Å². The number of anilines is 1. The first-order valence-electron chi connectivity index (χ1n) is 7.84. The van der Waals surface area contributed by atoms with Gasteiger partial charge in [0.1, 0.15) is 0 Å². The number of rotatable bonds is 3. The Labute approximate surface area is 139 Å². The molecule has 0 bridgehead atoms. The van der Waals surface area contributed by atoms with Crippen molar-refractivity contribution in [3.63, 3.8) is 0 Å². The molecule has 1 aromatic carbocycles. The molecule has 3 aliphatic rings. The van der Waals surface area contributed by atoms with Gasteiger partial charge in [-0.1, -0.05) is 18.2 Å². The van der Waals surface area contributed by atoms with Gasteiger partial charge in [0.25, 0.3) is 11.7 Å². The predicted octanol–water partition coefficient (Wildman–Crippen LogP) is 1.13. The monoisotopic (exact) mass is 338 g/mol. The summed E-state index contributed by atoms with van der Waals surface area (Å²) in [5, 5.41) is 0. The lowest BCUT2D eigenvalue weighted by Gasteiger charge is -2.31. The van der Waals surface area contributed by atoms with Crippen molar-refractivity contribution in [2.75, 3.05) is 50.4 Å². The highest BCUT2D eigenvalue weighted by atomic mass is 35.5. The molecule has 3 heterocycles. The van der Waals surface area contributed by atoms with Crippen molar-refractivity contribution >= 4 is 23.2 Å². The van der Waals surface area contributed by atoms with Crippen molar-refractivity contribution in [1.29, 1.82) is 0 Å². The summed E-state index contributed by atoms with van der Waals surface area (Å²) >= 11 is 5.88. The Balaban J connectivity index is 1.65. The Morgan fingerprint density at radius 2 is 2.04 bits per heavy atom. The highest BCUT2D eigenvalue weighted by Crippen LogP contribution is 2.47. The van der Waals surface area contributed by atoms with E-state index in [0.29, 0.717) is 32.4 Å². The van der Waals surface area contributed by atoms with Gasteiger partial charge in [-0.3, -0.25) is 14.6 Å². The summed E-state index contributed by atoms with van der Waals surface area (Å²) in [6.45, 7) is 3.84. The maximum atomic E-state index is 13.1. The van der Waals surface area contributed by atoms with Gasteiger partial charge in [-0.25, -0.2) is 0 Å². The van der Waals surface area contributed by atoms with Crippen LogP contribution in [-0.4, -0.2) is 62.4 Å². The van der Waals surface area contributed by atoms with E-state index < -0.39 is 5.79 Å². The molecule has 0 aromatic heterocycles. The Morgan fingerprint density at radius 3 is 2.78 bits per heavy atom. The molecule has 2 atom stereocenters. The van der Waals surface area contributed by atoms with Crippen LogP contribution in [0.4, 0.5) is 5.69 Å². The fourth-order valence-corrected chi connectivity index (χ4v) is 3.47. The number of carbonyl (C=O) groups excluding carboxylic acids is 1. The lowest BCUT2D eigenvalue weighted by atomic mass is 10.1. The second-order valence-electron chi connectivity index (χ2n) is 5.94. The molecule has 0 aliphatic carbocycles. The van der Waals surface area contributed by atoms with Gasteiger partial charge in [-0.05, 0) is 6.07 Å². The molecule has 6 nitrogen and oxygen atoms in total.